The fourth-order valence-corrected chi connectivity index (χ4v) is 2.91. The van der Waals surface area contributed by atoms with Crippen LogP contribution in [0.15, 0.2) is 18.2 Å². The molecule has 0 spiro atoms. The molecule has 118 valence electrons. The van der Waals surface area contributed by atoms with E-state index in [2.05, 4.69) is 23.9 Å². The van der Waals surface area contributed by atoms with Crippen LogP contribution in [0.2, 0.25) is 0 Å². The highest BCUT2D eigenvalue weighted by molar-refractivity contribution is 5.43. The average molecular weight is 294 g/mol. The van der Waals surface area contributed by atoms with Gasteiger partial charge in [0, 0.05) is 6.54 Å². The molecular formula is C16H26N2O3. The van der Waals surface area contributed by atoms with Crippen molar-refractivity contribution in [3.8, 4) is 11.5 Å². The summed E-state index contributed by atoms with van der Waals surface area (Å²) < 4.78 is 10.6. The molecule has 1 N–H and O–H groups in total. The van der Waals surface area contributed by atoms with Crippen LogP contribution in [0, 0.1) is 0 Å². The van der Waals surface area contributed by atoms with Crippen molar-refractivity contribution in [2.75, 3.05) is 47.9 Å². The molecule has 5 nitrogen and oxygen atoms in total. The molecule has 1 aromatic rings. The lowest BCUT2D eigenvalue weighted by Crippen LogP contribution is -2.42. The maximum absolute atomic E-state index is 10.8. The van der Waals surface area contributed by atoms with E-state index in [0.29, 0.717) is 11.5 Å². The van der Waals surface area contributed by atoms with Crippen molar-refractivity contribution in [3.05, 3.63) is 23.8 Å². The second kappa shape index (κ2) is 7.11. The van der Waals surface area contributed by atoms with Crippen molar-refractivity contribution in [3.63, 3.8) is 0 Å². The van der Waals surface area contributed by atoms with Crippen molar-refractivity contribution in [1.82, 2.24) is 9.80 Å². The molecule has 0 aromatic heterocycles. The maximum Gasteiger partial charge on any atom is 0.161 e. The van der Waals surface area contributed by atoms with Crippen molar-refractivity contribution in [2.45, 2.75) is 18.6 Å². The monoisotopic (exact) mass is 294 g/mol. The minimum absolute atomic E-state index is 0.0793. The van der Waals surface area contributed by atoms with Crippen molar-refractivity contribution < 1.29 is 14.6 Å². The Kier molecular flexibility index (Phi) is 5.45. The van der Waals surface area contributed by atoms with Gasteiger partial charge in [-0.05, 0) is 51.3 Å². The Balaban J connectivity index is 2.23. The van der Waals surface area contributed by atoms with Crippen LogP contribution in [0.1, 0.15) is 18.1 Å². The molecule has 5 heteroatoms. The van der Waals surface area contributed by atoms with E-state index >= 15 is 0 Å². The molecule has 0 bridgehead atoms. The number of hydrogen-bond donors (Lipinski definition) is 1. The molecule has 1 fully saturated rings. The summed E-state index contributed by atoms with van der Waals surface area (Å²) in [6.45, 7) is 2.92. The number of benzene rings is 1. The first-order chi connectivity index (χ1) is 10.1. The predicted octanol–water partition coefficient (Wildman–Crippen LogP) is 1.37. The Morgan fingerprint density at radius 2 is 1.86 bits per heavy atom. The molecule has 0 radical (unpaired) electrons. The van der Waals surface area contributed by atoms with Gasteiger partial charge in [-0.15, -0.1) is 0 Å². The van der Waals surface area contributed by atoms with E-state index in [9.17, 15) is 5.11 Å². The number of aliphatic hydroxyl groups is 1. The summed E-state index contributed by atoms with van der Waals surface area (Å²) in [4.78, 5) is 4.52. The quantitative estimate of drug-likeness (QED) is 0.909. The van der Waals surface area contributed by atoms with Gasteiger partial charge in [0.2, 0.25) is 0 Å². The average Bonchev–Trinajstić information content (AvgIpc) is 2.67. The zero-order valence-corrected chi connectivity index (χ0v) is 13.4. The third-order valence-corrected chi connectivity index (χ3v) is 4.23. The number of likely N-dealkylation sites (N-methyl/N-ethyl adjacent to an activating group) is 2. The highest BCUT2D eigenvalue weighted by Gasteiger charge is 2.28. The second-order valence-corrected chi connectivity index (χ2v) is 5.72. The Hall–Kier alpha value is -1.30. The van der Waals surface area contributed by atoms with Crippen LogP contribution in [-0.2, 0) is 0 Å². The van der Waals surface area contributed by atoms with E-state index in [1.807, 2.05) is 18.2 Å². The van der Waals surface area contributed by atoms with E-state index in [-0.39, 0.29) is 6.04 Å². The van der Waals surface area contributed by atoms with Crippen LogP contribution in [0.3, 0.4) is 0 Å². The lowest BCUT2D eigenvalue weighted by molar-refractivity contribution is 0.0570. The number of rotatable bonds is 4. The summed E-state index contributed by atoms with van der Waals surface area (Å²) in [7, 11) is 7.41. The molecule has 21 heavy (non-hydrogen) atoms. The Morgan fingerprint density at radius 3 is 2.52 bits per heavy atom. The summed E-state index contributed by atoms with van der Waals surface area (Å²) in [5, 5.41) is 10.8. The molecule has 2 atom stereocenters. The normalized spacial score (nSPS) is 22.6. The summed E-state index contributed by atoms with van der Waals surface area (Å²) in [6, 6.07) is 5.70. The lowest BCUT2D eigenvalue weighted by atomic mass is 10.0. The zero-order chi connectivity index (χ0) is 15.4. The molecule has 1 aromatic carbocycles. The van der Waals surface area contributed by atoms with Crippen LogP contribution in [-0.4, -0.2) is 68.9 Å². The molecule has 1 aliphatic heterocycles. The van der Waals surface area contributed by atoms with Gasteiger partial charge in [-0.25, -0.2) is 0 Å². The Bertz CT molecular complexity index is 467. The first kappa shape index (κ1) is 16.1. The van der Waals surface area contributed by atoms with Crippen molar-refractivity contribution in [2.24, 2.45) is 0 Å². The van der Waals surface area contributed by atoms with Gasteiger partial charge in [0.1, 0.15) is 0 Å². The van der Waals surface area contributed by atoms with E-state index < -0.39 is 6.10 Å². The van der Waals surface area contributed by atoms with Crippen LogP contribution < -0.4 is 9.47 Å². The Morgan fingerprint density at radius 1 is 1.14 bits per heavy atom. The topological polar surface area (TPSA) is 45.2 Å². The maximum atomic E-state index is 10.8. The van der Waals surface area contributed by atoms with Crippen LogP contribution in [0.5, 0.6) is 11.5 Å². The minimum Gasteiger partial charge on any atom is -0.493 e. The standard InChI is InChI=1S/C16H26N2O3/c1-17-8-5-9-18(2)13(11-17)16(19)12-6-7-14(20-3)15(10-12)21-4/h6-7,10,13,16,19H,5,8-9,11H2,1-4H3. The van der Waals surface area contributed by atoms with Gasteiger partial charge in [-0.3, -0.25) is 4.90 Å². The number of hydrogen-bond acceptors (Lipinski definition) is 5. The molecular weight excluding hydrogens is 268 g/mol. The molecule has 0 saturated carbocycles. The van der Waals surface area contributed by atoms with Crippen LogP contribution in [0.25, 0.3) is 0 Å². The summed E-state index contributed by atoms with van der Waals surface area (Å²) in [6.07, 6.45) is 0.581. The van der Waals surface area contributed by atoms with E-state index in [1.54, 1.807) is 14.2 Å². The number of ether oxygens (including phenoxy) is 2. The molecule has 2 unspecified atom stereocenters. The summed E-state index contributed by atoms with van der Waals surface area (Å²) in [5.74, 6) is 1.33. The molecule has 1 saturated heterocycles. The van der Waals surface area contributed by atoms with E-state index in [1.165, 1.54) is 0 Å². The molecule has 1 aliphatic rings. The van der Waals surface area contributed by atoms with Gasteiger partial charge in [-0.1, -0.05) is 6.07 Å². The largest absolute Gasteiger partial charge is 0.493 e. The third kappa shape index (κ3) is 3.67. The minimum atomic E-state index is -0.546. The van der Waals surface area contributed by atoms with Crippen molar-refractivity contribution >= 4 is 0 Å². The second-order valence-electron chi connectivity index (χ2n) is 5.72. The van der Waals surface area contributed by atoms with Crippen molar-refractivity contribution in [1.29, 1.82) is 0 Å². The van der Waals surface area contributed by atoms with Gasteiger partial charge < -0.3 is 19.5 Å². The first-order valence-electron chi connectivity index (χ1n) is 7.35. The van der Waals surface area contributed by atoms with Crippen LogP contribution >= 0.6 is 0 Å². The summed E-state index contributed by atoms with van der Waals surface area (Å²) >= 11 is 0. The van der Waals surface area contributed by atoms with Crippen LogP contribution in [0.4, 0.5) is 0 Å². The van der Waals surface area contributed by atoms with Gasteiger partial charge in [0.25, 0.3) is 0 Å². The van der Waals surface area contributed by atoms with Gasteiger partial charge in [0.15, 0.2) is 11.5 Å². The lowest BCUT2D eigenvalue weighted by Gasteiger charge is -2.32. The first-order valence-corrected chi connectivity index (χ1v) is 7.35. The fraction of sp³-hybridized carbons (Fsp3) is 0.625. The fourth-order valence-electron chi connectivity index (χ4n) is 2.91. The highest BCUT2D eigenvalue weighted by Crippen LogP contribution is 2.32. The molecule has 1 heterocycles. The third-order valence-electron chi connectivity index (χ3n) is 4.23. The van der Waals surface area contributed by atoms with Gasteiger partial charge in [0.05, 0.1) is 26.4 Å². The Labute approximate surface area is 127 Å². The van der Waals surface area contributed by atoms with E-state index in [0.717, 1.165) is 31.6 Å². The molecule has 2 rings (SSSR count). The summed E-state index contributed by atoms with van der Waals surface area (Å²) in [5.41, 5.74) is 0.861. The highest BCUT2D eigenvalue weighted by atomic mass is 16.5. The van der Waals surface area contributed by atoms with Gasteiger partial charge in [-0.2, -0.15) is 0 Å². The number of nitrogens with zero attached hydrogens (tertiary/aromatic N) is 2. The van der Waals surface area contributed by atoms with Gasteiger partial charge >= 0.3 is 0 Å². The smallest absolute Gasteiger partial charge is 0.161 e. The SMILES string of the molecule is COc1ccc(C(O)C2CN(C)CCCN2C)cc1OC. The number of aliphatic hydroxyl groups excluding tert-OH is 1. The predicted molar refractivity (Wildman–Crippen MR) is 83.0 cm³/mol. The molecule has 0 aliphatic carbocycles. The zero-order valence-electron chi connectivity index (χ0n) is 13.4. The van der Waals surface area contributed by atoms with E-state index in [4.69, 9.17) is 9.47 Å². The number of methoxy groups -OCH3 is 2. The molecule has 0 amide bonds.